The molecule has 3 aromatic rings. The molecule has 1 saturated heterocycles. The van der Waals surface area contributed by atoms with E-state index in [1.807, 2.05) is 36.9 Å². The summed E-state index contributed by atoms with van der Waals surface area (Å²) in [5.74, 6) is 1.65. The minimum absolute atomic E-state index is 0.419. The number of likely N-dealkylation sites (tertiary alicyclic amines) is 1. The second-order valence-electron chi connectivity index (χ2n) is 6.44. The van der Waals surface area contributed by atoms with Crippen LogP contribution in [0.3, 0.4) is 0 Å². The fraction of sp³-hybridized carbons (Fsp3) is 0.316. The molecule has 0 aromatic carbocycles. The number of imidazole rings is 1. The summed E-state index contributed by atoms with van der Waals surface area (Å²) >= 11 is 0. The van der Waals surface area contributed by atoms with Crippen molar-refractivity contribution < 1.29 is 0 Å². The molecule has 4 heterocycles. The van der Waals surface area contributed by atoms with Gasteiger partial charge in [-0.15, -0.1) is 0 Å². The highest BCUT2D eigenvalue weighted by atomic mass is 15.2. The minimum Gasteiger partial charge on any atom is -0.337 e. The van der Waals surface area contributed by atoms with Gasteiger partial charge < -0.3 is 9.88 Å². The third-order valence-electron chi connectivity index (χ3n) is 4.74. The lowest BCUT2D eigenvalue weighted by Crippen LogP contribution is -2.24. The Balaban J connectivity index is 1.52. The Morgan fingerprint density at radius 2 is 2.08 bits per heavy atom. The summed E-state index contributed by atoms with van der Waals surface area (Å²) in [6.45, 7) is 2.04. The summed E-state index contributed by atoms with van der Waals surface area (Å²) in [7, 11) is 2.05. The van der Waals surface area contributed by atoms with Crippen LogP contribution in [0.4, 0.5) is 11.6 Å². The van der Waals surface area contributed by atoms with Crippen LogP contribution in [0.15, 0.2) is 55.2 Å². The molecule has 0 aliphatic carbocycles. The summed E-state index contributed by atoms with van der Waals surface area (Å²) in [5, 5.41) is 3.28. The maximum atomic E-state index is 4.44. The molecule has 1 aliphatic rings. The fourth-order valence-corrected chi connectivity index (χ4v) is 3.43. The van der Waals surface area contributed by atoms with Crippen molar-refractivity contribution in [2.75, 3.05) is 11.9 Å². The zero-order valence-corrected chi connectivity index (χ0v) is 14.3. The van der Waals surface area contributed by atoms with Gasteiger partial charge in [-0.05, 0) is 49.2 Å². The molecule has 0 spiro atoms. The van der Waals surface area contributed by atoms with Crippen LogP contribution in [0, 0.1) is 0 Å². The van der Waals surface area contributed by atoms with Crippen molar-refractivity contribution in [1.29, 1.82) is 0 Å². The summed E-state index contributed by atoms with van der Waals surface area (Å²) in [4.78, 5) is 15.5. The predicted octanol–water partition coefficient (Wildman–Crippen LogP) is 3.29. The van der Waals surface area contributed by atoms with Crippen LogP contribution in [0.2, 0.25) is 0 Å². The molecule has 4 rings (SSSR count). The zero-order chi connectivity index (χ0) is 17.1. The van der Waals surface area contributed by atoms with Gasteiger partial charge in [0, 0.05) is 38.2 Å². The first kappa shape index (κ1) is 15.8. The molecule has 128 valence electrons. The average molecular weight is 334 g/mol. The number of hydrogen-bond donors (Lipinski definition) is 1. The van der Waals surface area contributed by atoms with Crippen molar-refractivity contribution in [2.24, 2.45) is 7.05 Å². The van der Waals surface area contributed by atoms with Gasteiger partial charge in [-0.2, -0.15) is 0 Å². The highest BCUT2D eigenvalue weighted by molar-refractivity contribution is 5.52. The van der Waals surface area contributed by atoms with Crippen molar-refractivity contribution in [2.45, 2.75) is 25.4 Å². The first-order valence-electron chi connectivity index (χ1n) is 8.63. The first-order valence-corrected chi connectivity index (χ1v) is 8.63. The molecule has 0 radical (unpaired) electrons. The monoisotopic (exact) mass is 334 g/mol. The summed E-state index contributed by atoms with van der Waals surface area (Å²) in [6, 6.07) is 10.5. The normalized spacial score (nSPS) is 17.7. The van der Waals surface area contributed by atoms with Crippen molar-refractivity contribution in [3.63, 3.8) is 0 Å². The zero-order valence-electron chi connectivity index (χ0n) is 14.3. The standard InChI is InChI=1S/C19H22N6/c1-24-14-20-12-16(24)13-25-10-4-5-17(25)15-7-9-22-19(11-15)23-18-6-2-3-8-21-18/h2-3,6-9,11-12,14,17H,4-5,10,13H2,1H3,(H,21,22,23). The van der Waals surface area contributed by atoms with Crippen LogP contribution in [-0.2, 0) is 13.6 Å². The topological polar surface area (TPSA) is 58.9 Å². The average Bonchev–Trinajstić information content (AvgIpc) is 3.26. The third kappa shape index (κ3) is 3.53. The number of pyridine rings is 2. The van der Waals surface area contributed by atoms with Gasteiger partial charge in [-0.3, -0.25) is 4.90 Å². The number of aryl methyl sites for hydroxylation is 1. The van der Waals surface area contributed by atoms with Crippen LogP contribution >= 0.6 is 0 Å². The van der Waals surface area contributed by atoms with Gasteiger partial charge in [0.1, 0.15) is 11.6 Å². The molecule has 25 heavy (non-hydrogen) atoms. The van der Waals surface area contributed by atoms with Crippen LogP contribution in [0.25, 0.3) is 0 Å². The Morgan fingerprint density at radius 3 is 2.88 bits per heavy atom. The summed E-state index contributed by atoms with van der Waals surface area (Å²) in [6.07, 6.45) is 9.86. The van der Waals surface area contributed by atoms with Gasteiger partial charge in [0.05, 0.1) is 12.0 Å². The maximum absolute atomic E-state index is 4.44. The number of nitrogens with one attached hydrogen (secondary N) is 1. The molecular weight excluding hydrogens is 312 g/mol. The molecule has 1 aliphatic heterocycles. The SMILES string of the molecule is Cn1cncc1CN1CCCC1c1ccnc(Nc2ccccn2)c1. The lowest BCUT2D eigenvalue weighted by atomic mass is 10.1. The number of rotatable bonds is 5. The Kier molecular flexibility index (Phi) is 4.43. The molecule has 6 heteroatoms. The summed E-state index contributed by atoms with van der Waals surface area (Å²) < 4.78 is 2.09. The van der Waals surface area contributed by atoms with Gasteiger partial charge in [0.25, 0.3) is 0 Å². The molecule has 1 unspecified atom stereocenters. The van der Waals surface area contributed by atoms with Crippen molar-refractivity contribution >= 4 is 11.6 Å². The number of nitrogens with zero attached hydrogens (tertiary/aromatic N) is 5. The van der Waals surface area contributed by atoms with E-state index in [1.165, 1.54) is 24.1 Å². The Labute approximate surface area is 147 Å². The van der Waals surface area contributed by atoms with Crippen LogP contribution < -0.4 is 5.32 Å². The van der Waals surface area contributed by atoms with Gasteiger partial charge in [-0.25, -0.2) is 15.0 Å². The molecule has 3 aromatic heterocycles. The molecule has 0 amide bonds. The summed E-state index contributed by atoms with van der Waals surface area (Å²) in [5.41, 5.74) is 2.54. The second kappa shape index (κ2) is 7.03. The highest BCUT2D eigenvalue weighted by Crippen LogP contribution is 2.33. The Morgan fingerprint density at radius 1 is 1.16 bits per heavy atom. The predicted molar refractivity (Wildman–Crippen MR) is 97.3 cm³/mol. The van der Waals surface area contributed by atoms with Gasteiger partial charge in [0.15, 0.2) is 0 Å². The van der Waals surface area contributed by atoms with Gasteiger partial charge in [-0.1, -0.05) is 6.07 Å². The van der Waals surface area contributed by atoms with Crippen molar-refractivity contribution in [3.8, 4) is 0 Å². The van der Waals surface area contributed by atoms with E-state index in [0.29, 0.717) is 6.04 Å². The van der Waals surface area contributed by atoms with E-state index in [1.54, 1.807) is 6.20 Å². The van der Waals surface area contributed by atoms with Crippen molar-refractivity contribution in [1.82, 2.24) is 24.4 Å². The van der Waals surface area contributed by atoms with E-state index >= 15 is 0 Å². The Bertz CT molecular complexity index is 829. The fourth-order valence-electron chi connectivity index (χ4n) is 3.43. The smallest absolute Gasteiger partial charge is 0.131 e. The number of aromatic nitrogens is 4. The first-order chi connectivity index (χ1) is 12.3. The maximum Gasteiger partial charge on any atom is 0.131 e. The number of anilines is 2. The van der Waals surface area contributed by atoms with Gasteiger partial charge >= 0.3 is 0 Å². The molecule has 1 fully saturated rings. The Hall–Kier alpha value is -2.73. The van der Waals surface area contributed by atoms with Gasteiger partial charge in [0.2, 0.25) is 0 Å². The minimum atomic E-state index is 0.419. The second-order valence-corrected chi connectivity index (χ2v) is 6.44. The van der Waals surface area contributed by atoms with E-state index in [2.05, 4.69) is 48.9 Å². The van der Waals surface area contributed by atoms with Crippen LogP contribution in [-0.4, -0.2) is 31.0 Å². The number of hydrogen-bond acceptors (Lipinski definition) is 5. The molecule has 6 nitrogen and oxygen atoms in total. The lowest BCUT2D eigenvalue weighted by molar-refractivity contribution is 0.243. The van der Waals surface area contributed by atoms with Crippen LogP contribution in [0.1, 0.15) is 30.1 Å². The molecule has 0 saturated carbocycles. The molecule has 1 N–H and O–H groups in total. The lowest BCUT2D eigenvalue weighted by Gasteiger charge is -2.25. The van der Waals surface area contributed by atoms with E-state index in [-0.39, 0.29) is 0 Å². The molecule has 1 atom stereocenters. The van der Waals surface area contributed by atoms with E-state index in [4.69, 9.17) is 0 Å². The van der Waals surface area contributed by atoms with Crippen molar-refractivity contribution in [3.05, 3.63) is 66.5 Å². The molecule has 0 bridgehead atoms. The van der Waals surface area contributed by atoms with E-state index in [9.17, 15) is 0 Å². The largest absolute Gasteiger partial charge is 0.337 e. The van der Waals surface area contributed by atoms with E-state index < -0.39 is 0 Å². The van der Waals surface area contributed by atoms with Crippen LogP contribution in [0.5, 0.6) is 0 Å². The quantitative estimate of drug-likeness (QED) is 0.776. The van der Waals surface area contributed by atoms with E-state index in [0.717, 1.165) is 24.7 Å². The third-order valence-corrected chi connectivity index (χ3v) is 4.74. The highest BCUT2D eigenvalue weighted by Gasteiger charge is 2.26. The molecular formula is C19H22N6.